The van der Waals surface area contributed by atoms with Crippen LogP contribution in [0.15, 0.2) is 22.8 Å². The molecule has 1 unspecified atom stereocenters. The Morgan fingerprint density at radius 1 is 1.12 bits per heavy atom. The molecule has 0 aromatic heterocycles. The first kappa shape index (κ1) is 14.5. The van der Waals surface area contributed by atoms with Gasteiger partial charge < -0.3 is 0 Å². The summed E-state index contributed by atoms with van der Waals surface area (Å²) in [5.74, 6) is 0.798. The van der Waals surface area contributed by atoms with E-state index < -0.39 is 0 Å². The topological polar surface area (TPSA) is 0 Å². The maximum absolute atomic E-state index is 2.45. The second kappa shape index (κ2) is 4.30. The molecular formula is C17H30. The van der Waals surface area contributed by atoms with Gasteiger partial charge in [0.25, 0.3) is 0 Å². The fourth-order valence-electron chi connectivity index (χ4n) is 3.60. The number of hydrogen-bond acceptors (Lipinski definition) is 0. The summed E-state index contributed by atoms with van der Waals surface area (Å²) in [6.45, 7) is 14.5. The van der Waals surface area contributed by atoms with Crippen LogP contribution in [0.4, 0.5) is 0 Å². The normalized spacial score (nSPS) is 30.2. The van der Waals surface area contributed by atoms with Crippen molar-refractivity contribution < 1.29 is 0 Å². The first-order chi connectivity index (χ1) is 7.25. The van der Waals surface area contributed by atoms with Crippen LogP contribution in [-0.4, -0.2) is 0 Å². The maximum atomic E-state index is 2.45. The molecule has 0 amide bonds. The average molecular weight is 234 g/mol. The molecule has 2 rings (SSSR count). The summed E-state index contributed by atoms with van der Waals surface area (Å²) in [5.41, 5.74) is 5.87. The molecule has 0 heterocycles. The molecule has 0 aromatic rings. The van der Waals surface area contributed by atoms with Gasteiger partial charge in [-0.3, -0.25) is 0 Å². The summed E-state index contributed by atoms with van der Waals surface area (Å²) >= 11 is 0. The molecule has 0 spiro atoms. The smallest absolute Gasteiger partial charge is 0.0103 e. The lowest BCUT2D eigenvalue weighted by atomic mass is 9.55. The molecule has 17 heavy (non-hydrogen) atoms. The van der Waals surface area contributed by atoms with Crippen LogP contribution >= 0.6 is 0 Å². The molecule has 0 aliphatic heterocycles. The fourth-order valence-corrected chi connectivity index (χ4v) is 3.60. The zero-order chi connectivity index (χ0) is 12.1. The van der Waals surface area contributed by atoms with E-state index in [1.54, 1.807) is 16.7 Å². The first-order valence-electron chi connectivity index (χ1n) is 6.64. The number of hydrogen-bond donors (Lipinski definition) is 0. The molecule has 0 fully saturated rings. The minimum atomic E-state index is 0. The van der Waals surface area contributed by atoms with Crippen molar-refractivity contribution in [1.29, 1.82) is 0 Å². The molecule has 0 bridgehead atoms. The molecule has 1 atom stereocenters. The SMILES string of the molecule is C.CC1=CCC2=C(C1)C(C)(C)C(C)CC2(C)C. The summed E-state index contributed by atoms with van der Waals surface area (Å²) in [6.07, 6.45) is 6.19. The van der Waals surface area contributed by atoms with E-state index in [1.165, 1.54) is 19.3 Å². The fraction of sp³-hybridized carbons (Fsp3) is 0.765. The van der Waals surface area contributed by atoms with Crippen LogP contribution < -0.4 is 0 Å². The van der Waals surface area contributed by atoms with Gasteiger partial charge in [-0.15, -0.1) is 0 Å². The average Bonchev–Trinajstić information content (AvgIpc) is 2.14. The molecule has 0 heteroatoms. The zero-order valence-corrected chi connectivity index (χ0v) is 11.8. The summed E-state index contributed by atoms with van der Waals surface area (Å²) in [7, 11) is 0. The molecule has 0 N–H and O–H groups in total. The monoisotopic (exact) mass is 234 g/mol. The lowest BCUT2D eigenvalue weighted by Crippen LogP contribution is -2.38. The number of rotatable bonds is 0. The van der Waals surface area contributed by atoms with Crippen LogP contribution in [0.5, 0.6) is 0 Å². The minimum absolute atomic E-state index is 0. The zero-order valence-electron chi connectivity index (χ0n) is 11.8. The van der Waals surface area contributed by atoms with Crippen molar-refractivity contribution in [1.82, 2.24) is 0 Å². The van der Waals surface area contributed by atoms with Gasteiger partial charge in [0.2, 0.25) is 0 Å². The molecule has 0 aromatic carbocycles. The third-order valence-corrected chi connectivity index (χ3v) is 5.12. The Balaban J connectivity index is 0.00000144. The van der Waals surface area contributed by atoms with Gasteiger partial charge in [0.15, 0.2) is 0 Å². The van der Waals surface area contributed by atoms with Crippen LogP contribution in [0.2, 0.25) is 0 Å². The van der Waals surface area contributed by atoms with Crippen LogP contribution in [-0.2, 0) is 0 Å². The van der Waals surface area contributed by atoms with Crippen molar-refractivity contribution in [2.75, 3.05) is 0 Å². The van der Waals surface area contributed by atoms with Crippen LogP contribution in [0.25, 0.3) is 0 Å². The highest BCUT2D eigenvalue weighted by Crippen LogP contribution is 2.55. The van der Waals surface area contributed by atoms with Gasteiger partial charge in [-0.25, -0.2) is 0 Å². The van der Waals surface area contributed by atoms with E-state index in [4.69, 9.17) is 0 Å². The predicted molar refractivity (Wildman–Crippen MR) is 78.1 cm³/mol. The minimum Gasteiger partial charge on any atom is -0.0812 e. The molecule has 0 saturated heterocycles. The van der Waals surface area contributed by atoms with Crippen molar-refractivity contribution in [2.24, 2.45) is 16.7 Å². The highest BCUT2D eigenvalue weighted by atomic mass is 14.5. The third-order valence-electron chi connectivity index (χ3n) is 5.12. The van der Waals surface area contributed by atoms with Gasteiger partial charge >= 0.3 is 0 Å². The Morgan fingerprint density at radius 2 is 1.71 bits per heavy atom. The second-order valence-corrected chi connectivity index (χ2v) is 7.10. The quantitative estimate of drug-likeness (QED) is 0.468. The molecule has 0 nitrogen and oxygen atoms in total. The highest BCUT2D eigenvalue weighted by molar-refractivity contribution is 5.38. The number of allylic oxidation sites excluding steroid dienone is 4. The van der Waals surface area contributed by atoms with Gasteiger partial charge in [0.05, 0.1) is 0 Å². The summed E-state index contributed by atoms with van der Waals surface area (Å²) < 4.78 is 0. The Bertz CT molecular complexity index is 363. The molecule has 2 aliphatic rings. The van der Waals surface area contributed by atoms with E-state index in [1.807, 2.05) is 0 Å². The lowest BCUT2D eigenvalue weighted by Gasteiger charge is -2.49. The van der Waals surface area contributed by atoms with E-state index in [9.17, 15) is 0 Å². The van der Waals surface area contributed by atoms with Crippen LogP contribution in [0.1, 0.15) is 68.2 Å². The third kappa shape index (κ3) is 2.23. The van der Waals surface area contributed by atoms with Crippen LogP contribution in [0, 0.1) is 16.7 Å². The molecular weight excluding hydrogens is 204 g/mol. The van der Waals surface area contributed by atoms with E-state index in [0.717, 1.165) is 5.92 Å². The molecule has 0 saturated carbocycles. The second-order valence-electron chi connectivity index (χ2n) is 7.10. The summed E-state index contributed by atoms with van der Waals surface area (Å²) in [5, 5.41) is 0. The first-order valence-corrected chi connectivity index (χ1v) is 6.64. The van der Waals surface area contributed by atoms with Crippen molar-refractivity contribution in [3.63, 3.8) is 0 Å². The van der Waals surface area contributed by atoms with E-state index in [-0.39, 0.29) is 7.43 Å². The maximum Gasteiger partial charge on any atom is -0.0103 e. The van der Waals surface area contributed by atoms with Crippen LogP contribution in [0.3, 0.4) is 0 Å². The van der Waals surface area contributed by atoms with Gasteiger partial charge in [0, 0.05) is 0 Å². The Morgan fingerprint density at radius 3 is 2.29 bits per heavy atom. The highest BCUT2D eigenvalue weighted by Gasteiger charge is 2.43. The molecule has 2 aliphatic carbocycles. The Labute approximate surface area is 108 Å². The van der Waals surface area contributed by atoms with E-state index in [0.29, 0.717) is 10.8 Å². The standard InChI is InChI=1S/C16H26.CH4/c1-11-7-8-13-14(9-11)16(5,6)12(2)10-15(13,3)4;/h7,12H,8-10H2,1-6H3;1H4. The molecule has 98 valence electrons. The van der Waals surface area contributed by atoms with Crippen molar-refractivity contribution in [3.8, 4) is 0 Å². The van der Waals surface area contributed by atoms with Gasteiger partial charge in [-0.2, -0.15) is 0 Å². The van der Waals surface area contributed by atoms with E-state index >= 15 is 0 Å². The van der Waals surface area contributed by atoms with Gasteiger partial charge in [-0.05, 0) is 42.9 Å². The summed E-state index contributed by atoms with van der Waals surface area (Å²) in [4.78, 5) is 0. The van der Waals surface area contributed by atoms with Gasteiger partial charge in [-0.1, -0.05) is 64.8 Å². The summed E-state index contributed by atoms with van der Waals surface area (Å²) in [6, 6.07) is 0. The van der Waals surface area contributed by atoms with Gasteiger partial charge in [0.1, 0.15) is 0 Å². The van der Waals surface area contributed by atoms with E-state index in [2.05, 4.69) is 47.6 Å². The lowest BCUT2D eigenvalue weighted by molar-refractivity contribution is 0.166. The Hall–Kier alpha value is -0.520. The Kier molecular flexibility index (Phi) is 3.68. The van der Waals surface area contributed by atoms with Crippen molar-refractivity contribution >= 4 is 0 Å². The molecule has 0 radical (unpaired) electrons. The predicted octanol–water partition coefficient (Wildman–Crippen LogP) is 5.75. The van der Waals surface area contributed by atoms with Crippen molar-refractivity contribution in [2.45, 2.75) is 68.2 Å². The van der Waals surface area contributed by atoms with Crippen molar-refractivity contribution in [3.05, 3.63) is 22.8 Å². The largest absolute Gasteiger partial charge is 0.0812 e.